The molecule has 0 unspecified atom stereocenters. The molecule has 23 heavy (non-hydrogen) atoms. The number of aromatic nitrogens is 2. The number of aryl methyl sites for hydroxylation is 1. The van der Waals surface area contributed by atoms with Gasteiger partial charge >= 0.3 is 0 Å². The van der Waals surface area contributed by atoms with E-state index in [9.17, 15) is 4.79 Å². The average molecular weight is 351 g/mol. The minimum absolute atomic E-state index is 0.108. The molecule has 2 aromatic heterocycles. The molecule has 0 saturated heterocycles. The molecule has 0 aliphatic heterocycles. The summed E-state index contributed by atoms with van der Waals surface area (Å²) in [6, 6.07) is 0. The van der Waals surface area contributed by atoms with Gasteiger partial charge in [0.1, 0.15) is 4.83 Å². The van der Waals surface area contributed by atoms with Gasteiger partial charge in [-0.15, -0.1) is 11.3 Å². The van der Waals surface area contributed by atoms with Gasteiger partial charge in [0.05, 0.1) is 5.39 Å². The summed E-state index contributed by atoms with van der Waals surface area (Å²) in [5, 5.41) is 0.903. The summed E-state index contributed by atoms with van der Waals surface area (Å²) < 4.78 is 2.29. The van der Waals surface area contributed by atoms with E-state index in [1.54, 1.807) is 15.9 Å². The van der Waals surface area contributed by atoms with Crippen LogP contribution >= 0.6 is 23.6 Å². The van der Waals surface area contributed by atoms with Crippen LogP contribution < -0.4 is 5.56 Å². The molecule has 0 saturated carbocycles. The maximum absolute atomic E-state index is 12.9. The van der Waals surface area contributed by atoms with Crippen molar-refractivity contribution in [1.29, 1.82) is 0 Å². The van der Waals surface area contributed by atoms with Crippen LogP contribution in [0.5, 0.6) is 0 Å². The fourth-order valence-electron chi connectivity index (χ4n) is 3.67. The highest BCUT2D eigenvalue weighted by Crippen LogP contribution is 2.43. The quantitative estimate of drug-likeness (QED) is 0.782. The summed E-state index contributed by atoms with van der Waals surface area (Å²) in [4.78, 5) is 18.6. The summed E-state index contributed by atoms with van der Waals surface area (Å²) in [6.07, 6.45) is 5.42. The average Bonchev–Trinajstić information content (AvgIpc) is 2.88. The molecule has 5 heteroatoms. The SMILES string of the molecule is CCCn1c(=S)[nH]c2sc3c(c2c1=O)CC[C@@H](C(C)(C)CC)C3. The van der Waals surface area contributed by atoms with Crippen LogP contribution in [0.15, 0.2) is 4.79 Å². The van der Waals surface area contributed by atoms with Crippen molar-refractivity contribution in [2.24, 2.45) is 11.3 Å². The molecule has 1 atom stereocenters. The molecule has 3 rings (SSSR count). The highest BCUT2D eigenvalue weighted by atomic mass is 32.1. The first-order valence-electron chi connectivity index (χ1n) is 8.66. The molecular weight excluding hydrogens is 324 g/mol. The number of fused-ring (bicyclic) bond motifs is 3. The summed E-state index contributed by atoms with van der Waals surface area (Å²) >= 11 is 7.14. The van der Waals surface area contributed by atoms with Crippen molar-refractivity contribution in [1.82, 2.24) is 9.55 Å². The van der Waals surface area contributed by atoms with Crippen molar-refractivity contribution in [3.63, 3.8) is 0 Å². The van der Waals surface area contributed by atoms with Crippen molar-refractivity contribution in [2.45, 2.75) is 66.3 Å². The van der Waals surface area contributed by atoms with Crippen molar-refractivity contribution < 1.29 is 0 Å². The number of thiophene rings is 1. The number of nitrogens with one attached hydrogen (secondary N) is 1. The topological polar surface area (TPSA) is 37.8 Å². The Morgan fingerprint density at radius 1 is 1.39 bits per heavy atom. The van der Waals surface area contributed by atoms with Gasteiger partial charge in [-0.05, 0) is 54.8 Å². The Kier molecular flexibility index (Phi) is 4.53. The van der Waals surface area contributed by atoms with Gasteiger partial charge in [0.2, 0.25) is 0 Å². The second-order valence-corrected chi connectivity index (χ2v) is 8.87. The number of rotatable bonds is 4. The van der Waals surface area contributed by atoms with Crippen LogP contribution in [-0.2, 0) is 19.4 Å². The van der Waals surface area contributed by atoms with Crippen LogP contribution in [0.25, 0.3) is 10.2 Å². The predicted molar refractivity (Wildman–Crippen MR) is 101 cm³/mol. The van der Waals surface area contributed by atoms with Crippen LogP contribution in [-0.4, -0.2) is 9.55 Å². The lowest BCUT2D eigenvalue weighted by Crippen LogP contribution is -2.29. The zero-order chi connectivity index (χ0) is 16.8. The van der Waals surface area contributed by atoms with Crippen LogP contribution in [0, 0.1) is 16.1 Å². The lowest BCUT2D eigenvalue weighted by Gasteiger charge is -2.36. The van der Waals surface area contributed by atoms with Gasteiger partial charge in [-0.3, -0.25) is 9.36 Å². The Morgan fingerprint density at radius 3 is 2.78 bits per heavy atom. The van der Waals surface area contributed by atoms with Gasteiger partial charge in [0, 0.05) is 11.4 Å². The highest BCUT2D eigenvalue weighted by molar-refractivity contribution is 7.71. The van der Waals surface area contributed by atoms with E-state index in [1.165, 1.54) is 23.3 Å². The van der Waals surface area contributed by atoms with Gasteiger partial charge in [0.25, 0.3) is 5.56 Å². The van der Waals surface area contributed by atoms with Crippen molar-refractivity contribution >= 4 is 33.8 Å². The van der Waals surface area contributed by atoms with E-state index >= 15 is 0 Å². The fourth-order valence-corrected chi connectivity index (χ4v) is 5.33. The Hall–Kier alpha value is -0.940. The highest BCUT2D eigenvalue weighted by Gasteiger charge is 2.33. The zero-order valence-electron chi connectivity index (χ0n) is 14.5. The van der Waals surface area contributed by atoms with Crippen LogP contribution in [0.4, 0.5) is 0 Å². The summed E-state index contributed by atoms with van der Waals surface area (Å²) in [5.74, 6) is 0.703. The van der Waals surface area contributed by atoms with Crippen LogP contribution in [0.1, 0.15) is 57.4 Å². The lowest BCUT2D eigenvalue weighted by atomic mass is 9.70. The second kappa shape index (κ2) is 6.17. The number of H-pyrrole nitrogens is 1. The van der Waals surface area contributed by atoms with E-state index in [1.807, 2.05) is 0 Å². The third-order valence-electron chi connectivity index (χ3n) is 5.65. The van der Waals surface area contributed by atoms with Crippen molar-refractivity contribution in [2.75, 3.05) is 0 Å². The van der Waals surface area contributed by atoms with Gasteiger partial charge in [-0.1, -0.05) is 34.1 Å². The van der Waals surface area contributed by atoms with E-state index in [-0.39, 0.29) is 5.56 Å². The third-order valence-corrected chi connectivity index (χ3v) is 7.15. The maximum atomic E-state index is 12.9. The fraction of sp³-hybridized carbons (Fsp3) is 0.667. The minimum Gasteiger partial charge on any atom is -0.323 e. The first-order chi connectivity index (χ1) is 10.9. The van der Waals surface area contributed by atoms with E-state index in [4.69, 9.17) is 12.2 Å². The molecule has 2 heterocycles. The summed E-state index contributed by atoms with van der Waals surface area (Å²) in [6.45, 7) is 9.79. The molecule has 0 amide bonds. The molecule has 1 aliphatic rings. The molecule has 0 bridgehead atoms. The van der Waals surface area contributed by atoms with Crippen LogP contribution in [0.3, 0.4) is 0 Å². The number of nitrogens with zero attached hydrogens (tertiary/aromatic N) is 1. The molecular formula is C18H26N2OS2. The lowest BCUT2D eigenvalue weighted by molar-refractivity contribution is 0.184. The molecule has 126 valence electrons. The third kappa shape index (κ3) is 2.82. The summed E-state index contributed by atoms with van der Waals surface area (Å²) in [5.41, 5.74) is 1.76. The Bertz CT molecular complexity index is 841. The molecule has 1 aliphatic carbocycles. The number of aromatic amines is 1. The Morgan fingerprint density at radius 2 is 2.13 bits per heavy atom. The first kappa shape index (κ1) is 16.9. The Balaban J connectivity index is 2.12. The maximum Gasteiger partial charge on any atom is 0.263 e. The van der Waals surface area contributed by atoms with Gasteiger partial charge < -0.3 is 4.98 Å². The molecule has 3 nitrogen and oxygen atoms in total. The smallest absolute Gasteiger partial charge is 0.263 e. The largest absolute Gasteiger partial charge is 0.323 e. The molecule has 0 fully saturated rings. The van der Waals surface area contributed by atoms with Gasteiger partial charge in [-0.25, -0.2) is 0 Å². The van der Waals surface area contributed by atoms with E-state index < -0.39 is 0 Å². The monoisotopic (exact) mass is 350 g/mol. The van der Waals surface area contributed by atoms with Gasteiger partial charge in [0.15, 0.2) is 4.77 Å². The van der Waals surface area contributed by atoms with E-state index in [2.05, 4.69) is 32.7 Å². The van der Waals surface area contributed by atoms with Crippen molar-refractivity contribution in [3.8, 4) is 0 Å². The first-order valence-corrected chi connectivity index (χ1v) is 9.88. The van der Waals surface area contributed by atoms with Crippen molar-refractivity contribution in [3.05, 3.63) is 25.6 Å². The standard InChI is InChI=1S/C18H26N2OS2/c1-5-9-20-16(21)14-12-8-7-11(18(3,4)6-2)10-13(12)23-15(14)19-17(20)22/h11H,5-10H2,1-4H3,(H,19,22)/t11-/m1/s1. The molecule has 1 N–H and O–H groups in total. The number of hydrogen-bond acceptors (Lipinski definition) is 3. The van der Waals surface area contributed by atoms with E-state index in [0.29, 0.717) is 22.6 Å². The minimum atomic E-state index is 0.108. The molecule has 0 radical (unpaired) electrons. The molecule has 2 aromatic rings. The normalized spacial score (nSPS) is 18.3. The van der Waals surface area contributed by atoms with Gasteiger partial charge in [-0.2, -0.15) is 0 Å². The molecule has 0 aromatic carbocycles. The Labute approximate surface area is 146 Å². The number of hydrogen-bond donors (Lipinski definition) is 1. The summed E-state index contributed by atoms with van der Waals surface area (Å²) in [7, 11) is 0. The molecule has 0 spiro atoms. The predicted octanol–water partition coefficient (Wildman–Crippen LogP) is 5.07. The second-order valence-electron chi connectivity index (χ2n) is 7.38. The van der Waals surface area contributed by atoms with E-state index in [0.717, 1.165) is 29.5 Å². The zero-order valence-corrected chi connectivity index (χ0v) is 16.1. The van der Waals surface area contributed by atoms with Crippen LogP contribution in [0.2, 0.25) is 0 Å².